The van der Waals surface area contributed by atoms with Crippen molar-refractivity contribution in [2.45, 2.75) is 450 Å². The highest BCUT2D eigenvalue weighted by atomic mass is 16.5. The minimum absolute atomic E-state index is 0.00746. The van der Waals surface area contributed by atoms with Crippen molar-refractivity contribution in [1.82, 2.24) is 5.32 Å². The molecule has 0 heterocycles. The predicted molar refractivity (Wildman–Crippen MR) is 379 cm³/mol. The molecule has 3 N–H and O–H groups in total. The van der Waals surface area contributed by atoms with Gasteiger partial charge in [-0.25, -0.2) is 0 Å². The van der Waals surface area contributed by atoms with Crippen molar-refractivity contribution in [3.05, 3.63) is 36.5 Å². The molecule has 0 aliphatic heterocycles. The van der Waals surface area contributed by atoms with E-state index in [1.165, 1.54) is 360 Å². The molecule has 0 aromatic rings. The Morgan fingerprint density at radius 2 is 0.605 bits per heavy atom. The largest absolute Gasteiger partial charge is 0.466 e. The Kier molecular flexibility index (Phi) is 73.9. The van der Waals surface area contributed by atoms with Gasteiger partial charge in [-0.05, 0) is 57.8 Å². The van der Waals surface area contributed by atoms with Crippen LogP contribution < -0.4 is 5.32 Å². The minimum atomic E-state index is -0.842. The fourth-order valence-corrected chi connectivity index (χ4v) is 12.4. The lowest BCUT2D eigenvalue weighted by Crippen LogP contribution is -2.45. The number of amides is 1. The summed E-state index contributed by atoms with van der Waals surface area (Å²) in [6.45, 7) is 4.88. The van der Waals surface area contributed by atoms with Crippen molar-refractivity contribution in [2.24, 2.45) is 0 Å². The van der Waals surface area contributed by atoms with E-state index >= 15 is 0 Å². The van der Waals surface area contributed by atoms with Gasteiger partial charge in [0.15, 0.2) is 0 Å². The topological polar surface area (TPSA) is 95.9 Å². The highest BCUT2D eigenvalue weighted by Crippen LogP contribution is 2.20. The van der Waals surface area contributed by atoms with Crippen molar-refractivity contribution >= 4 is 11.9 Å². The van der Waals surface area contributed by atoms with Crippen molar-refractivity contribution in [3.8, 4) is 0 Å². The molecule has 0 bridgehead atoms. The van der Waals surface area contributed by atoms with Crippen molar-refractivity contribution in [2.75, 3.05) is 13.2 Å². The average molecular weight is 1210 g/mol. The zero-order chi connectivity index (χ0) is 62.0. The molecule has 0 saturated heterocycles. The molecule has 0 rings (SSSR count). The van der Waals surface area contributed by atoms with E-state index < -0.39 is 12.1 Å². The lowest BCUT2D eigenvalue weighted by Gasteiger charge is -2.20. The van der Waals surface area contributed by atoms with Gasteiger partial charge in [0.25, 0.3) is 0 Å². The van der Waals surface area contributed by atoms with Gasteiger partial charge < -0.3 is 20.3 Å². The summed E-state index contributed by atoms with van der Waals surface area (Å²) >= 11 is 0. The maximum Gasteiger partial charge on any atom is 0.305 e. The zero-order valence-corrected chi connectivity index (χ0v) is 58.3. The Hall–Kier alpha value is -1.92. The van der Waals surface area contributed by atoms with E-state index in [9.17, 15) is 19.8 Å². The van der Waals surface area contributed by atoms with Crippen LogP contribution >= 0.6 is 0 Å². The second-order valence-corrected chi connectivity index (χ2v) is 27.0. The summed E-state index contributed by atoms with van der Waals surface area (Å²) in [5.74, 6) is -0.0507. The Labute approximate surface area is 538 Å². The Morgan fingerprint density at radius 1 is 0.326 bits per heavy atom. The van der Waals surface area contributed by atoms with E-state index in [0.29, 0.717) is 19.4 Å². The number of aliphatic hydroxyl groups is 2. The quantitative estimate of drug-likeness (QED) is 0.0320. The second kappa shape index (κ2) is 75.5. The molecule has 0 spiro atoms. The first-order valence-corrected chi connectivity index (χ1v) is 39.3. The first-order valence-electron chi connectivity index (χ1n) is 39.3. The number of rotatable bonds is 74. The van der Waals surface area contributed by atoms with Crippen molar-refractivity contribution in [1.29, 1.82) is 0 Å². The monoisotopic (exact) mass is 1210 g/mol. The van der Waals surface area contributed by atoms with E-state index in [-0.39, 0.29) is 18.5 Å². The molecule has 2 unspecified atom stereocenters. The lowest BCUT2D eigenvalue weighted by atomic mass is 10.0. The van der Waals surface area contributed by atoms with Crippen LogP contribution in [-0.4, -0.2) is 47.4 Å². The molecule has 0 aromatic carbocycles. The standard InChI is InChI=1S/C80H153NO5/c1-3-5-7-9-11-13-15-17-18-19-20-36-39-42-45-49-52-56-60-64-68-72-78(83)77(76-82)81-79(84)73-69-65-61-57-53-50-46-43-40-37-34-32-30-28-26-24-22-21-23-25-27-29-31-33-35-38-41-44-47-51-55-59-63-67-71-75-86-80(85)74-70-66-62-58-54-48-16-14-12-10-8-6-4-2/h8,10,14,16,68,72,77-78,82-83H,3-7,9,11-13,15,17-67,69-71,73-76H2,1-2H3,(H,81,84)/b10-8-,16-14-,72-68+. The molecule has 0 aromatic heterocycles. The predicted octanol–water partition coefficient (Wildman–Crippen LogP) is 25.8. The normalized spacial score (nSPS) is 12.7. The van der Waals surface area contributed by atoms with Crippen molar-refractivity contribution < 1.29 is 24.5 Å². The fourth-order valence-electron chi connectivity index (χ4n) is 12.4. The van der Waals surface area contributed by atoms with Crippen LogP contribution in [0.2, 0.25) is 0 Å². The number of hydrogen-bond donors (Lipinski definition) is 3. The summed E-state index contributed by atoms with van der Waals surface area (Å²) in [6, 6.07) is -0.625. The maximum atomic E-state index is 12.5. The van der Waals surface area contributed by atoms with E-state index in [1.54, 1.807) is 6.08 Å². The third-order valence-corrected chi connectivity index (χ3v) is 18.4. The van der Waals surface area contributed by atoms with Crippen LogP contribution in [0.15, 0.2) is 36.5 Å². The first kappa shape index (κ1) is 84.1. The van der Waals surface area contributed by atoms with Crippen LogP contribution in [0.3, 0.4) is 0 Å². The summed E-state index contributed by atoms with van der Waals surface area (Å²) < 4.78 is 5.48. The summed E-state index contributed by atoms with van der Waals surface area (Å²) in [5.41, 5.74) is 0. The number of ether oxygens (including phenoxy) is 1. The Balaban J connectivity index is 3.34. The third kappa shape index (κ3) is 71.2. The van der Waals surface area contributed by atoms with E-state index in [0.717, 1.165) is 51.4 Å². The molecule has 2 atom stereocenters. The zero-order valence-electron chi connectivity index (χ0n) is 58.3. The molecule has 0 aliphatic rings. The number of allylic oxidation sites excluding steroid dienone is 5. The number of nitrogens with one attached hydrogen (secondary N) is 1. The molecular formula is C80H153NO5. The molecule has 6 nitrogen and oxygen atoms in total. The number of esters is 1. The summed E-state index contributed by atoms with van der Waals surface area (Å²) in [7, 11) is 0. The van der Waals surface area contributed by atoms with Gasteiger partial charge in [-0.1, -0.05) is 403 Å². The first-order chi connectivity index (χ1) is 42.5. The number of hydrogen-bond acceptors (Lipinski definition) is 5. The molecule has 508 valence electrons. The van der Waals surface area contributed by atoms with E-state index in [1.807, 2.05) is 6.08 Å². The Morgan fingerprint density at radius 3 is 0.930 bits per heavy atom. The Bertz CT molecular complexity index is 1390. The molecule has 0 radical (unpaired) electrons. The van der Waals surface area contributed by atoms with Gasteiger partial charge in [-0.3, -0.25) is 9.59 Å². The number of aliphatic hydroxyl groups excluding tert-OH is 2. The summed E-state index contributed by atoms with van der Waals surface area (Å²) in [5, 5.41) is 23.3. The van der Waals surface area contributed by atoms with Gasteiger partial charge in [0.2, 0.25) is 5.91 Å². The molecule has 6 heteroatoms. The van der Waals surface area contributed by atoms with Crippen LogP contribution in [0.1, 0.15) is 438 Å². The molecule has 1 amide bonds. The minimum Gasteiger partial charge on any atom is -0.466 e. The van der Waals surface area contributed by atoms with Gasteiger partial charge in [0, 0.05) is 12.8 Å². The van der Waals surface area contributed by atoms with Crippen LogP contribution in [0.4, 0.5) is 0 Å². The van der Waals surface area contributed by atoms with Gasteiger partial charge in [-0.2, -0.15) is 0 Å². The fraction of sp³-hybridized carbons (Fsp3) is 0.900. The number of carbonyl (C=O) groups is 2. The molecule has 0 fully saturated rings. The highest BCUT2D eigenvalue weighted by molar-refractivity contribution is 5.76. The summed E-state index contributed by atoms with van der Waals surface area (Å²) in [6.07, 6.45) is 98.4. The lowest BCUT2D eigenvalue weighted by molar-refractivity contribution is -0.143. The van der Waals surface area contributed by atoms with Crippen LogP contribution in [0.25, 0.3) is 0 Å². The maximum absolute atomic E-state index is 12.5. The molecular weight excluding hydrogens is 1050 g/mol. The smallest absolute Gasteiger partial charge is 0.305 e. The average Bonchev–Trinajstić information content (AvgIpc) is 3.55. The van der Waals surface area contributed by atoms with Gasteiger partial charge in [0.1, 0.15) is 0 Å². The summed E-state index contributed by atoms with van der Waals surface area (Å²) in [4.78, 5) is 24.6. The molecule has 0 saturated carbocycles. The van der Waals surface area contributed by atoms with Crippen LogP contribution in [0, 0.1) is 0 Å². The van der Waals surface area contributed by atoms with Gasteiger partial charge in [-0.15, -0.1) is 0 Å². The van der Waals surface area contributed by atoms with Crippen LogP contribution in [-0.2, 0) is 14.3 Å². The van der Waals surface area contributed by atoms with Crippen molar-refractivity contribution in [3.63, 3.8) is 0 Å². The second-order valence-electron chi connectivity index (χ2n) is 27.0. The third-order valence-electron chi connectivity index (χ3n) is 18.4. The van der Waals surface area contributed by atoms with Crippen LogP contribution in [0.5, 0.6) is 0 Å². The number of unbranched alkanes of at least 4 members (excludes halogenated alkanes) is 59. The SMILES string of the molecule is CCC/C=C\C/C=C\CCCCCCCC(=O)OCCCCCCCCCCCCCCCCCCCCCCCCCCCCCCCCCCCCCC(=O)NC(CO)C(O)/C=C/CCCCCCCCCCCCCCCCCCCCC. The number of carbonyl (C=O) groups excluding carboxylic acids is 2. The van der Waals surface area contributed by atoms with E-state index in [4.69, 9.17) is 4.74 Å². The van der Waals surface area contributed by atoms with E-state index in [2.05, 4.69) is 43.5 Å². The van der Waals surface area contributed by atoms with Gasteiger partial charge in [0.05, 0.1) is 25.4 Å². The molecule has 0 aliphatic carbocycles. The van der Waals surface area contributed by atoms with Gasteiger partial charge >= 0.3 is 5.97 Å². The highest BCUT2D eigenvalue weighted by Gasteiger charge is 2.18. The molecule has 86 heavy (non-hydrogen) atoms.